The van der Waals surface area contributed by atoms with Crippen LogP contribution in [0.3, 0.4) is 0 Å². The van der Waals surface area contributed by atoms with E-state index in [-0.39, 0.29) is 17.9 Å². The first-order valence-electron chi connectivity index (χ1n) is 6.20. The summed E-state index contributed by atoms with van der Waals surface area (Å²) >= 11 is 0. The van der Waals surface area contributed by atoms with Gasteiger partial charge in [-0.1, -0.05) is 0 Å². The molecule has 1 amide bonds. The fourth-order valence-electron chi connectivity index (χ4n) is 1.95. The molecule has 94 valence electrons. The first kappa shape index (κ1) is 13.5. The van der Waals surface area contributed by atoms with Crippen molar-refractivity contribution < 1.29 is 9.63 Å². The number of rotatable bonds is 4. The second-order valence-electron chi connectivity index (χ2n) is 5.06. The van der Waals surface area contributed by atoms with Crippen LogP contribution < -0.4 is 5.48 Å². The summed E-state index contributed by atoms with van der Waals surface area (Å²) in [6.45, 7) is 10.1. The topological polar surface area (TPSA) is 41.6 Å². The predicted octanol–water partition coefficient (Wildman–Crippen LogP) is 1.56. The van der Waals surface area contributed by atoms with E-state index in [1.54, 1.807) is 0 Å². The number of likely N-dealkylation sites (tertiary alicyclic amines) is 1. The van der Waals surface area contributed by atoms with Crippen LogP contribution in [0.4, 0.5) is 0 Å². The zero-order valence-electron chi connectivity index (χ0n) is 10.8. The van der Waals surface area contributed by atoms with Crippen molar-refractivity contribution in [1.29, 1.82) is 0 Å². The molecule has 0 radical (unpaired) electrons. The molecule has 0 aliphatic carbocycles. The molecule has 4 nitrogen and oxygen atoms in total. The Bertz CT molecular complexity index is 229. The van der Waals surface area contributed by atoms with Crippen LogP contribution in [-0.4, -0.2) is 36.0 Å². The number of piperidine rings is 1. The maximum absolute atomic E-state index is 11.8. The third-order valence-corrected chi connectivity index (χ3v) is 2.95. The Labute approximate surface area is 98.3 Å². The van der Waals surface area contributed by atoms with Gasteiger partial charge in [-0.05, 0) is 47.1 Å². The van der Waals surface area contributed by atoms with Crippen molar-refractivity contribution in [3.05, 3.63) is 0 Å². The lowest BCUT2D eigenvalue weighted by atomic mass is 9.96. The minimum Gasteiger partial charge on any atom is -0.300 e. The molecule has 0 saturated carbocycles. The smallest absolute Gasteiger partial charge is 0.247 e. The second-order valence-corrected chi connectivity index (χ2v) is 5.06. The van der Waals surface area contributed by atoms with Crippen LogP contribution >= 0.6 is 0 Å². The van der Waals surface area contributed by atoms with Crippen molar-refractivity contribution in [1.82, 2.24) is 10.4 Å². The van der Waals surface area contributed by atoms with Crippen LogP contribution in [0.2, 0.25) is 0 Å². The Kier molecular flexibility index (Phi) is 5.22. The van der Waals surface area contributed by atoms with Gasteiger partial charge in [-0.15, -0.1) is 0 Å². The second kappa shape index (κ2) is 6.21. The van der Waals surface area contributed by atoms with Crippen LogP contribution in [0.1, 0.15) is 40.5 Å². The molecule has 1 rings (SSSR count). The number of carbonyl (C=O) groups excluding carboxylic acids is 1. The highest BCUT2D eigenvalue weighted by Gasteiger charge is 2.27. The normalized spacial score (nSPS) is 22.8. The molecular weight excluding hydrogens is 204 g/mol. The molecule has 1 atom stereocenters. The molecule has 0 aromatic rings. The van der Waals surface area contributed by atoms with Crippen LogP contribution in [0.15, 0.2) is 0 Å². The molecule has 0 bridgehead atoms. The van der Waals surface area contributed by atoms with Crippen molar-refractivity contribution in [3.8, 4) is 0 Å². The highest BCUT2D eigenvalue weighted by atomic mass is 16.7. The van der Waals surface area contributed by atoms with Gasteiger partial charge in [-0.25, -0.2) is 5.48 Å². The molecule has 1 aliphatic heterocycles. The quantitative estimate of drug-likeness (QED) is 0.743. The van der Waals surface area contributed by atoms with Gasteiger partial charge >= 0.3 is 0 Å². The molecule has 4 heteroatoms. The zero-order valence-corrected chi connectivity index (χ0v) is 10.8. The van der Waals surface area contributed by atoms with Crippen molar-refractivity contribution in [3.63, 3.8) is 0 Å². The van der Waals surface area contributed by atoms with E-state index < -0.39 is 0 Å². The van der Waals surface area contributed by atoms with E-state index in [4.69, 9.17) is 4.84 Å². The monoisotopic (exact) mass is 228 g/mol. The molecule has 1 heterocycles. The maximum atomic E-state index is 11.8. The van der Waals surface area contributed by atoms with Crippen LogP contribution in [0.25, 0.3) is 0 Å². The molecule has 0 aromatic heterocycles. The Morgan fingerprint density at radius 1 is 1.38 bits per heavy atom. The molecule has 16 heavy (non-hydrogen) atoms. The van der Waals surface area contributed by atoms with E-state index >= 15 is 0 Å². The van der Waals surface area contributed by atoms with Gasteiger partial charge in [0, 0.05) is 12.6 Å². The standard InChI is InChI=1S/C12H24N2O2/c1-9(2)14-7-5-6-11(8-14)12(15)13-16-10(3)4/h9-11H,5-8H2,1-4H3,(H,13,15). The first-order chi connectivity index (χ1) is 7.50. The highest BCUT2D eigenvalue weighted by molar-refractivity contribution is 5.77. The fraction of sp³-hybridized carbons (Fsp3) is 0.917. The molecule has 1 saturated heterocycles. The third-order valence-electron chi connectivity index (χ3n) is 2.95. The summed E-state index contributed by atoms with van der Waals surface area (Å²) in [6.07, 6.45) is 2.10. The molecular formula is C12H24N2O2. The molecule has 1 fully saturated rings. The maximum Gasteiger partial charge on any atom is 0.247 e. The summed E-state index contributed by atoms with van der Waals surface area (Å²) in [7, 11) is 0. The van der Waals surface area contributed by atoms with E-state index in [1.807, 2.05) is 13.8 Å². The number of hydroxylamine groups is 1. The summed E-state index contributed by atoms with van der Waals surface area (Å²) in [5.41, 5.74) is 2.55. The van der Waals surface area contributed by atoms with Gasteiger partial charge in [-0.2, -0.15) is 0 Å². The van der Waals surface area contributed by atoms with Crippen molar-refractivity contribution >= 4 is 5.91 Å². The van der Waals surface area contributed by atoms with Gasteiger partial charge < -0.3 is 4.90 Å². The Hall–Kier alpha value is -0.610. The Balaban J connectivity index is 2.38. The fourth-order valence-corrected chi connectivity index (χ4v) is 1.95. The number of hydrogen-bond acceptors (Lipinski definition) is 3. The number of nitrogens with one attached hydrogen (secondary N) is 1. The van der Waals surface area contributed by atoms with Gasteiger partial charge in [-0.3, -0.25) is 9.63 Å². The van der Waals surface area contributed by atoms with Crippen LogP contribution in [-0.2, 0) is 9.63 Å². The lowest BCUT2D eigenvalue weighted by Gasteiger charge is -2.34. The van der Waals surface area contributed by atoms with E-state index in [0.717, 1.165) is 25.9 Å². The molecule has 1 aliphatic rings. The summed E-state index contributed by atoms with van der Waals surface area (Å²) in [5.74, 6) is 0.106. The molecule has 1 unspecified atom stereocenters. The van der Waals surface area contributed by atoms with E-state index in [9.17, 15) is 4.79 Å². The predicted molar refractivity (Wildman–Crippen MR) is 63.8 cm³/mol. The van der Waals surface area contributed by atoms with E-state index in [1.165, 1.54) is 0 Å². The van der Waals surface area contributed by atoms with Crippen molar-refractivity contribution in [2.45, 2.75) is 52.7 Å². The van der Waals surface area contributed by atoms with Crippen LogP contribution in [0.5, 0.6) is 0 Å². The van der Waals surface area contributed by atoms with Gasteiger partial charge in [0.25, 0.3) is 0 Å². The first-order valence-corrected chi connectivity index (χ1v) is 6.20. The lowest BCUT2D eigenvalue weighted by molar-refractivity contribution is -0.143. The average Bonchev–Trinajstić information content (AvgIpc) is 2.26. The van der Waals surface area contributed by atoms with E-state index in [0.29, 0.717) is 6.04 Å². The average molecular weight is 228 g/mol. The van der Waals surface area contributed by atoms with Gasteiger partial charge in [0.1, 0.15) is 0 Å². The summed E-state index contributed by atoms with van der Waals surface area (Å²) in [5, 5.41) is 0. The molecule has 1 N–H and O–H groups in total. The van der Waals surface area contributed by atoms with E-state index in [2.05, 4.69) is 24.2 Å². The lowest BCUT2D eigenvalue weighted by Crippen LogP contribution is -2.45. The van der Waals surface area contributed by atoms with Crippen molar-refractivity contribution in [2.24, 2.45) is 5.92 Å². The zero-order chi connectivity index (χ0) is 12.1. The highest BCUT2D eigenvalue weighted by Crippen LogP contribution is 2.18. The van der Waals surface area contributed by atoms with Gasteiger partial charge in [0.05, 0.1) is 12.0 Å². The Morgan fingerprint density at radius 3 is 2.62 bits per heavy atom. The molecule has 0 aromatic carbocycles. The summed E-state index contributed by atoms with van der Waals surface area (Å²) in [4.78, 5) is 19.3. The van der Waals surface area contributed by atoms with Crippen molar-refractivity contribution in [2.75, 3.05) is 13.1 Å². The van der Waals surface area contributed by atoms with Gasteiger partial charge in [0.15, 0.2) is 0 Å². The van der Waals surface area contributed by atoms with Gasteiger partial charge in [0.2, 0.25) is 5.91 Å². The number of nitrogens with zero attached hydrogens (tertiary/aromatic N) is 1. The number of amides is 1. The summed E-state index contributed by atoms with van der Waals surface area (Å²) in [6, 6.07) is 0.515. The summed E-state index contributed by atoms with van der Waals surface area (Å²) < 4.78 is 0. The van der Waals surface area contributed by atoms with Crippen LogP contribution in [0, 0.1) is 5.92 Å². The molecule has 0 spiro atoms. The third kappa shape index (κ3) is 4.10. The number of carbonyl (C=O) groups is 1. The Morgan fingerprint density at radius 2 is 2.06 bits per heavy atom. The minimum atomic E-state index is 0.0269. The number of hydrogen-bond donors (Lipinski definition) is 1. The SMILES string of the molecule is CC(C)ONC(=O)C1CCCN(C(C)C)C1. The minimum absolute atomic E-state index is 0.0269. The largest absolute Gasteiger partial charge is 0.300 e.